The molecular formula is C48H28O. The second kappa shape index (κ2) is 10.0. The van der Waals surface area contributed by atoms with Crippen LogP contribution in [0.1, 0.15) is 0 Å². The zero-order valence-electron chi connectivity index (χ0n) is 26.6. The summed E-state index contributed by atoms with van der Waals surface area (Å²) >= 11 is 0. The number of benzene rings is 10. The summed E-state index contributed by atoms with van der Waals surface area (Å²) in [6.07, 6.45) is 0. The van der Waals surface area contributed by atoms with Gasteiger partial charge in [0.05, 0.1) is 0 Å². The minimum Gasteiger partial charge on any atom is -0.456 e. The van der Waals surface area contributed by atoms with Gasteiger partial charge in [-0.05, 0) is 112 Å². The molecule has 0 bridgehead atoms. The Bertz CT molecular complexity index is 3070. The molecule has 0 radical (unpaired) electrons. The van der Waals surface area contributed by atoms with Gasteiger partial charge in [-0.15, -0.1) is 0 Å². The molecule has 49 heavy (non-hydrogen) atoms. The van der Waals surface area contributed by atoms with Crippen molar-refractivity contribution < 1.29 is 4.42 Å². The molecule has 0 N–H and O–H groups in total. The molecule has 0 saturated heterocycles. The van der Waals surface area contributed by atoms with Crippen molar-refractivity contribution in [3.63, 3.8) is 0 Å². The van der Waals surface area contributed by atoms with Crippen molar-refractivity contribution >= 4 is 75.8 Å². The second-order valence-corrected chi connectivity index (χ2v) is 13.3. The normalized spacial score (nSPS) is 12.1. The van der Waals surface area contributed by atoms with Gasteiger partial charge in [-0.2, -0.15) is 0 Å². The van der Waals surface area contributed by atoms with Crippen molar-refractivity contribution in [1.29, 1.82) is 0 Å². The molecule has 1 heteroatoms. The fourth-order valence-corrected chi connectivity index (χ4v) is 8.26. The fourth-order valence-electron chi connectivity index (χ4n) is 8.26. The molecule has 0 aliphatic carbocycles. The van der Waals surface area contributed by atoms with Crippen LogP contribution in [0.3, 0.4) is 0 Å². The van der Waals surface area contributed by atoms with E-state index in [1.807, 2.05) is 0 Å². The van der Waals surface area contributed by atoms with Gasteiger partial charge in [0, 0.05) is 10.8 Å². The van der Waals surface area contributed by atoms with Gasteiger partial charge in [-0.25, -0.2) is 0 Å². The van der Waals surface area contributed by atoms with Crippen LogP contribution in [0.15, 0.2) is 174 Å². The summed E-state index contributed by atoms with van der Waals surface area (Å²) in [5.74, 6) is 0. The van der Waals surface area contributed by atoms with Gasteiger partial charge >= 0.3 is 0 Å². The molecule has 11 rings (SSSR count). The van der Waals surface area contributed by atoms with E-state index >= 15 is 0 Å². The Labute approximate surface area is 282 Å². The van der Waals surface area contributed by atoms with Gasteiger partial charge in [0.2, 0.25) is 0 Å². The smallest absolute Gasteiger partial charge is 0.136 e. The first-order chi connectivity index (χ1) is 24.3. The predicted molar refractivity (Wildman–Crippen MR) is 209 cm³/mol. The first-order valence-corrected chi connectivity index (χ1v) is 16.9. The molecule has 0 amide bonds. The van der Waals surface area contributed by atoms with E-state index in [0.717, 1.165) is 33.1 Å². The molecule has 1 aromatic heterocycles. The average Bonchev–Trinajstić information content (AvgIpc) is 3.52. The molecule has 11 aromatic rings. The zero-order chi connectivity index (χ0) is 32.1. The Hall–Kier alpha value is -6.44. The summed E-state index contributed by atoms with van der Waals surface area (Å²) in [7, 11) is 0. The predicted octanol–water partition coefficient (Wildman–Crippen LogP) is 13.8. The van der Waals surface area contributed by atoms with Crippen molar-refractivity contribution in [2.24, 2.45) is 0 Å². The van der Waals surface area contributed by atoms with E-state index in [2.05, 4.69) is 170 Å². The molecule has 0 unspecified atom stereocenters. The van der Waals surface area contributed by atoms with Gasteiger partial charge in [-0.1, -0.05) is 146 Å². The molecule has 10 aromatic carbocycles. The number of fused-ring (bicyclic) bond motifs is 5. The van der Waals surface area contributed by atoms with E-state index < -0.39 is 0 Å². The van der Waals surface area contributed by atoms with Crippen LogP contribution in [0.4, 0.5) is 0 Å². The van der Waals surface area contributed by atoms with Crippen molar-refractivity contribution in [3.05, 3.63) is 170 Å². The van der Waals surface area contributed by atoms with Crippen LogP contribution in [0.2, 0.25) is 0 Å². The Morgan fingerprint density at radius 1 is 0.265 bits per heavy atom. The van der Waals surface area contributed by atoms with Crippen molar-refractivity contribution in [3.8, 4) is 33.4 Å². The Morgan fingerprint density at radius 2 is 0.898 bits per heavy atom. The molecule has 226 valence electrons. The maximum Gasteiger partial charge on any atom is 0.136 e. The first kappa shape index (κ1) is 26.6. The Morgan fingerprint density at radius 3 is 1.73 bits per heavy atom. The van der Waals surface area contributed by atoms with E-state index in [9.17, 15) is 0 Å². The lowest BCUT2D eigenvalue weighted by atomic mass is 9.87. The van der Waals surface area contributed by atoms with Crippen LogP contribution in [0.25, 0.3) is 109 Å². The summed E-state index contributed by atoms with van der Waals surface area (Å²) in [6.45, 7) is 0. The minimum atomic E-state index is 0.904. The zero-order valence-corrected chi connectivity index (χ0v) is 26.6. The highest BCUT2D eigenvalue weighted by atomic mass is 16.3. The Balaban J connectivity index is 1.18. The number of hydrogen-bond acceptors (Lipinski definition) is 1. The van der Waals surface area contributed by atoms with Gasteiger partial charge in [0.1, 0.15) is 11.2 Å². The summed E-state index contributed by atoms with van der Waals surface area (Å²) in [5, 5.41) is 15.0. The quantitative estimate of drug-likeness (QED) is 0.179. The minimum absolute atomic E-state index is 0.904. The monoisotopic (exact) mass is 620 g/mol. The van der Waals surface area contributed by atoms with Crippen LogP contribution in [-0.2, 0) is 0 Å². The van der Waals surface area contributed by atoms with Crippen LogP contribution >= 0.6 is 0 Å². The second-order valence-electron chi connectivity index (χ2n) is 13.3. The topological polar surface area (TPSA) is 13.1 Å². The van der Waals surface area contributed by atoms with Gasteiger partial charge in [0.25, 0.3) is 0 Å². The van der Waals surface area contributed by atoms with Gasteiger partial charge in [0.15, 0.2) is 0 Å². The highest BCUT2D eigenvalue weighted by Crippen LogP contribution is 2.45. The SMILES string of the molecule is c1ccc2cc3c(cc2c1)oc1cc(-c2ccc(-c4cccc5ccccc45)cc2)cc(-c2ccc4ccc5cccc6ccc2c4c56)c13. The molecule has 0 aliphatic heterocycles. The van der Waals surface area contributed by atoms with E-state index in [1.165, 1.54) is 76.1 Å². The average molecular weight is 621 g/mol. The third-order valence-corrected chi connectivity index (χ3v) is 10.6. The summed E-state index contributed by atoms with van der Waals surface area (Å²) in [5.41, 5.74) is 9.00. The summed E-state index contributed by atoms with van der Waals surface area (Å²) in [6, 6.07) is 62.1. The molecule has 0 atom stereocenters. The molecular weight excluding hydrogens is 593 g/mol. The highest BCUT2D eigenvalue weighted by molar-refractivity contribution is 6.27. The van der Waals surface area contributed by atoms with E-state index in [4.69, 9.17) is 4.42 Å². The van der Waals surface area contributed by atoms with Crippen molar-refractivity contribution in [1.82, 2.24) is 0 Å². The molecule has 1 heterocycles. The largest absolute Gasteiger partial charge is 0.456 e. The van der Waals surface area contributed by atoms with Crippen LogP contribution < -0.4 is 0 Å². The van der Waals surface area contributed by atoms with E-state index in [-0.39, 0.29) is 0 Å². The number of furan rings is 1. The lowest BCUT2D eigenvalue weighted by Gasteiger charge is -2.16. The number of rotatable bonds is 3. The lowest BCUT2D eigenvalue weighted by molar-refractivity contribution is 0.669. The number of hydrogen-bond donors (Lipinski definition) is 0. The molecule has 0 aliphatic rings. The highest BCUT2D eigenvalue weighted by Gasteiger charge is 2.19. The van der Waals surface area contributed by atoms with Crippen molar-refractivity contribution in [2.45, 2.75) is 0 Å². The summed E-state index contributed by atoms with van der Waals surface area (Å²) < 4.78 is 6.75. The molecule has 0 fully saturated rings. The van der Waals surface area contributed by atoms with Gasteiger partial charge < -0.3 is 4.42 Å². The third-order valence-electron chi connectivity index (χ3n) is 10.6. The summed E-state index contributed by atoms with van der Waals surface area (Å²) in [4.78, 5) is 0. The van der Waals surface area contributed by atoms with E-state index in [0.29, 0.717) is 0 Å². The standard InChI is InChI=1S/C48H28O/c1-2-9-36-27-44-43(25-35(36)8-1)48-42(40-23-21-34-20-19-32-11-5-12-33-22-24-41(40)47(34)46(32)33)26-37(28-45(48)49-44)29-15-17-31(18-16-29)39-14-6-10-30-7-3-4-13-38(30)39/h1-28H. The van der Waals surface area contributed by atoms with Gasteiger partial charge in [-0.3, -0.25) is 0 Å². The maximum absolute atomic E-state index is 6.75. The molecule has 0 spiro atoms. The maximum atomic E-state index is 6.75. The van der Waals surface area contributed by atoms with Crippen LogP contribution in [0, 0.1) is 0 Å². The van der Waals surface area contributed by atoms with Crippen LogP contribution in [0.5, 0.6) is 0 Å². The third kappa shape index (κ3) is 3.94. The van der Waals surface area contributed by atoms with Crippen LogP contribution in [-0.4, -0.2) is 0 Å². The van der Waals surface area contributed by atoms with Crippen molar-refractivity contribution in [2.75, 3.05) is 0 Å². The fraction of sp³-hybridized carbons (Fsp3) is 0. The molecule has 1 nitrogen and oxygen atoms in total. The first-order valence-electron chi connectivity index (χ1n) is 16.9. The molecule has 0 saturated carbocycles. The Kier molecular flexibility index (Phi) is 5.45. The lowest BCUT2D eigenvalue weighted by Crippen LogP contribution is -1.89. The van der Waals surface area contributed by atoms with E-state index in [1.54, 1.807) is 0 Å².